The molecule has 2 aromatic rings. The Labute approximate surface area is 159 Å². The van der Waals surface area contributed by atoms with Crippen LogP contribution in [0.2, 0.25) is 0 Å². The van der Waals surface area contributed by atoms with Crippen molar-refractivity contribution in [1.82, 2.24) is 4.90 Å². The van der Waals surface area contributed by atoms with Crippen LogP contribution in [0.25, 0.3) is 0 Å². The molecular formula is C20H25N3O2S. The number of nitrogens with zero attached hydrogens (tertiary/aromatic N) is 1. The number of thioether (sulfide) groups is 1. The van der Waals surface area contributed by atoms with Crippen molar-refractivity contribution in [2.75, 3.05) is 24.7 Å². The lowest BCUT2D eigenvalue weighted by molar-refractivity contribution is -0.117. The van der Waals surface area contributed by atoms with E-state index in [-0.39, 0.29) is 24.1 Å². The van der Waals surface area contributed by atoms with Gasteiger partial charge in [0.05, 0.1) is 18.0 Å². The van der Waals surface area contributed by atoms with Crippen LogP contribution in [0.15, 0.2) is 47.4 Å². The molecule has 0 spiro atoms. The monoisotopic (exact) mass is 371 g/mol. The first-order valence-electron chi connectivity index (χ1n) is 8.40. The number of hydrogen-bond acceptors (Lipinski definition) is 4. The molecule has 0 heterocycles. The Bertz CT molecular complexity index is 792. The molecule has 0 unspecified atom stereocenters. The number of carbonyl (C=O) groups is 2. The average molecular weight is 372 g/mol. The quantitative estimate of drug-likeness (QED) is 0.700. The van der Waals surface area contributed by atoms with Crippen LogP contribution in [-0.4, -0.2) is 36.1 Å². The second-order valence-corrected chi connectivity index (χ2v) is 7.42. The summed E-state index contributed by atoms with van der Waals surface area (Å²) >= 11 is 1.32. The Balaban J connectivity index is 1.94. The van der Waals surface area contributed by atoms with Crippen LogP contribution in [-0.2, 0) is 16.1 Å². The first-order valence-corrected chi connectivity index (χ1v) is 9.38. The van der Waals surface area contributed by atoms with Crippen molar-refractivity contribution >= 4 is 29.3 Å². The minimum absolute atomic E-state index is 0.0932. The molecule has 6 heteroatoms. The van der Waals surface area contributed by atoms with Crippen molar-refractivity contribution in [3.63, 3.8) is 0 Å². The predicted octanol–water partition coefficient (Wildman–Crippen LogP) is 2.95. The van der Waals surface area contributed by atoms with Gasteiger partial charge in [-0.3, -0.25) is 14.5 Å². The van der Waals surface area contributed by atoms with Crippen molar-refractivity contribution < 1.29 is 9.59 Å². The van der Waals surface area contributed by atoms with Gasteiger partial charge in [0, 0.05) is 11.4 Å². The van der Waals surface area contributed by atoms with E-state index in [0.717, 1.165) is 4.90 Å². The topological polar surface area (TPSA) is 75.4 Å². The van der Waals surface area contributed by atoms with Crippen LogP contribution < -0.4 is 11.1 Å². The number of aryl methyl sites for hydroxylation is 2. The third-order valence-corrected chi connectivity index (χ3v) is 4.98. The standard InChI is InChI=1S/C20H25N3O2S/c1-14-8-9-16(15(2)10-14)11-23(3)12-20(25)22-17-6-4-5-7-18(17)26-13-19(21)24/h4-10H,11-13H2,1-3H3,(H2,21,24)(H,22,25). The summed E-state index contributed by atoms with van der Waals surface area (Å²) in [6, 6.07) is 13.7. The Kier molecular flexibility index (Phi) is 7.24. The third kappa shape index (κ3) is 6.20. The van der Waals surface area contributed by atoms with Gasteiger partial charge in [0.15, 0.2) is 0 Å². The number of nitrogens with one attached hydrogen (secondary N) is 1. The van der Waals surface area contributed by atoms with Crippen LogP contribution in [0.3, 0.4) is 0 Å². The summed E-state index contributed by atoms with van der Waals surface area (Å²) in [5.74, 6) is -0.298. The molecule has 2 rings (SSSR count). The van der Waals surface area contributed by atoms with E-state index in [2.05, 4.69) is 37.4 Å². The van der Waals surface area contributed by atoms with E-state index in [0.29, 0.717) is 12.2 Å². The third-order valence-electron chi connectivity index (χ3n) is 3.88. The molecule has 0 radical (unpaired) electrons. The Morgan fingerprint density at radius 2 is 1.88 bits per heavy atom. The van der Waals surface area contributed by atoms with Crippen LogP contribution in [0, 0.1) is 13.8 Å². The normalized spacial score (nSPS) is 10.8. The highest BCUT2D eigenvalue weighted by atomic mass is 32.2. The Hall–Kier alpha value is -2.31. The largest absolute Gasteiger partial charge is 0.369 e. The van der Waals surface area contributed by atoms with Gasteiger partial charge in [0.2, 0.25) is 11.8 Å². The number of hydrogen-bond donors (Lipinski definition) is 2. The van der Waals surface area contributed by atoms with Gasteiger partial charge in [-0.15, -0.1) is 11.8 Å². The van der Waals surface area contributed by atoms with Crippen molar-refractivity contribution in [1.29, 1.82) is 0 Å². The van der Waals surface area contributed by atoms with Crippen LogP contribution in [0.4, 0.5) is 5.69 Å². The fourth-order valence-corrected chi connectivity index (χ4v) is 3.40. The molecule has 0 atom stereocenters. The summed E-state index contributed by atoms with van der Waals surface area (Å²) in [5.41, 5.74) is 9.57. The predicted molar refractivity (Wildman–Crippen MR) is 107 cm³/mol. The van der Waals surface area contributed by atoms with Crippen LogP contribution in [0.1, 0.15) is 16.7 Å². The molecule has 0 aromatic heterocycles. The maximum absolute atomic E-state index is 12.4. The van der Waals surface area contributed by atoms with E-state index in [1.165, 1.54) is 28.5 Å². The van der Waals surface area contributed by atoms with E-state index in [9.17, 15) is 9.59 Å². The SMILES string of the molecule is Cc1ccc(CN(C)CC(=O)Nc2ccccc2SCC(N)=O)c(C)c1. The summed E-state index contributed by atoms with van der Waals surface area (Å²) in [6.45, 7) is 5.14. The molecular weight excluding hydrogens is 346 g/mol. The maximum atomic E-state index is 12.4. The van der Waals surface area contributed by atoms with Gasteiger partial charge in [0.1, 0.15) is 0 Å². The highest BCUT2D eigenvalue weighted by Crippen LogP contribution is 2.26. The van der Waals surface area contributed by atoms with Crippen molar-refractivity contribution in [2.45, 2.75) is 25.3 Å². The maximum Gasteiger partial charge on any atom is 0.238 e. The number of para-hydroxylation sites is 1. The summed E-state index contributed by atoms with van der Waals surface area (Å²) in [6.07, 6.45) is 0. The van der Waals surface area contributed by atoms with E-state index >= 15 is 0 Å². The number of likely N-dealkylation sites (N-methyl/N-ethyl adjacent to an activating group) is 1. The molecule has 0 aliphatic rings. The lowest BCUT2D eigenvalue weighted by Gasteiger charge is -2.18. The summed E-state index contributed by atoms with van der Waals surface area (Å²) in [7, 11) is 1.92. The van der Waals surface area contributed by atoms with Crippen LogP contribution >= 0.6 is 11.8 Å². The fraction of sp³-hybridized carbons (Fsp3) is 0.300. The van der Waals surface area contributed by atoms with E-state index in [4.69, 9.17) is 5.73 Å². The van der Waals surface area contributed by atoms with Gasteiger partial charge in [-0.05, 0) is 44.2 Å². The Morgan fingerprint density at radius 1 is 1.15 bits per heavy atom. The molecule has 0 saturated heterocycles. The number of amides is 2. The number of nitrogens with two attached hydrogens (primary N) is 1. The molecule has 3 N–H and O–H groups in total. The minimum Gasteiger partial charge on any atom is -0.369 e. The van der Waals surface area contributed by atoms with Crippen LogP contribution in [0.5, 0.6) is 0 Å². The summed E-state index contributed by atoms with van der Waals surface area (Å²) < 4.78 is 0. The van der Waals surface area contributed by atoms with Gasteiger partial charge in [-0.25, -0.2) is 0 Å². The molecule has 0 bridgehead atoms. The summed E-state index contributed by atoms with van der Waals surface area (Å²) in [5, 5.41) is 2.92. The molecule has 5 nitrogen and oxygen atoms in total. The average Bonchev–Trinajstić information content (AvgIpc) is 2.56. The van der Waals surface area contributed by atoms with Gasteiger partial charge < -0.3 is 11.1 Å². The molecule has 0 aliphatic heterocycles. The molecule has 26 heavy (non-hydrogen) atoms. The molecule has 0 fully saturated rings. The number of benzene rings is 2. The van der Waals surface area contributed by atoms with Gasteiger partial charge >= 0.3 is 0 Å². The first kappa shape index (κ1) is 20.0. The van der Waals surface area contributed by atoms with E-state index in [1.54, 1.807) is 0 Å². The molecule has 2 aromatic carbocycles. The molecule has 0 aliphatic carbocycles. The zero-order valence-corrected chi connectivity index (χ0v) is 16.2. The lowest BCUT2D eigenvalue weighted by Crippen LogP contribution is -2.30. The highest BCUT2D eigenvalue weighted by Gasteiger charge is 2.11. The van der Waals surface area contributed by atoms with E-state index in [1.807, 2.05) is 36.2 Å². The van der Waals surface area contributed by atoms with E-state index < -0.39 is 0 Å². The number of rotatable bonds is 8. The highest BCUT2D eigenvalue weighted by molar-refractivity contribution is 8.00. The lowest BCUT2D eigenvalue weighted by atomic mass is 10.1. The minimum atomic E-state index is -0.385. The van der Waals surface area contributed by atoms with Gasteiger partial charge in [-0.1, -0.05) is 35.9 Å². The summed E-state index contributed by atoms with van der Waals surface area (Å²) in [4.78, 5) is 26.2. The molecule has 2 amide bonds. The second kappa shape index (κ2) is 9.40. The fourth-order valence-electron chi connectivity index (χ4n) is 2.65. The molecule has 138 valence electrons. The second-order valence-electron chi connectivity index (χ2n) is 6.40. The number of carbonyl (C=O) groups excluding carboxylic acids is 2. The number of anilines is 1. The smallest absolute Gasteiger partial charge is 0.238 e. The van der Waals surface area contributed by atoms with Crippen molar-refractivity contribution in [2.24, 2.45) is 5.73 Å². The molecule has 0 saturated carbocycles. The number of primary amides is 1. The Morgan fingerprint density at radius 3 is 2.58 bits per heavy atom. The van der Waals surface area contributed by atoms with Crippen molar-refractivity contribution in [3.05, 3.63) is 59.2 Å². The van der Waals surface area contributed by atoms with Gasteiger partial charge in [0.25, 0.3) is 0 Å². The first-order chi connectivity index (χ1) is 12.3. The van der Waals surface area contributed by atoms with Crippen molar-refractivity contribution in [3.8, 4) is 0 Å². The zero-order chi connectivity index (χ0) is 19.1. The zero-order valence-electron chi connectivity index (χ0n) is 15.4. The van der Waals surface area contributed by atoms with Gasteiger partial charge in [-0.2, -0.15) is 0 Å².